The van der Waals surface area contributed by atoms with Gasteiger partial charge in [0.15, 0.2) is 0 Å². The highest BCUT2D eigenvalue weighted by Gasteiger charge is 2.32. The number of fused-ring (bicyclic) bond motifs is 3. The van der Waals surface area contributed by atoms with Crippen molar-refractivity contribution in [3.8, 4) is 16.9 Å². The second-order valence-corrected chi connectivity index (χ2v) is 6.61. The molecule has 0 fully saturated rings. The fraction of sp³-hybridized carbons (Fsp3) is 0.143. The molecule has 98 valence electrons. The van der Waals surface area contributed by atoms with Crippen LogP contribution < -0.4 is 4.31 Å². The third-order valence-electron chi connectivity index (χ3n) is 3.39. The zero-order valence-corrected chi connectivity index (χ0v) is 11.4. The Morgan fingerprint density at radius 1 is 1.05 bits per heavy atom. The Morgan fingerprint density at radius 3 is 2.47 bits per heavy atom. The fourth-order valence-corrected chi connectivity index (χ4v) is 3.85. The number of hydrogen-bond acceptors (Lipinski definition) is 3. The summed E-state index contributed by atoms with van der Waals surface area (Å²) in [5, 5.41) is 9.55. The monoisotopic (exact) mass is 275 g/mol. The zero-order chi connectivity index (χ0) is 13.8. The maximum absolute atomic E-state index is 12.5. The number of hydrogen-bond donors (Lipinski definition) is 1. The van der Waals surface area contributed by atoms with E-state index < -0.39 is 10.0 Å². The lowest BCUT2D eigenvalue weighted by Crippen LogP contribution is -2.30. The van der Waals surface area contributed by atoms with E-state index in [4.69, 9.17) is 0 Å². The zero-order valence-electron chi connectivity index (χ0n) is 10.6. The Kier molecular flexibility index (Phi) is 2.37. The van der Waals surface area contributed by atoms with Crippen LogP contribution in [0.15, 0.2) is 41.3 Å². The highest BCUT2D eigenvalue weighted by Crippen LogP contribution is 2.43. The predicted molar refractivity (Wildman–Crippen MR) is 73.9 cm³/mol. The van der Waals surface area contributed by atoms with E-state index >= 15 is 0 Å². The van der Waals surface area contributed by atoms with Gasteiger partial charge in [0, 0.05) is 24.2 Å². The molecule has 0 spiro atoms. The molecule has 2 aromatic carbocycles. The van der Waals surface area contributed by atoms with Gasteiger partial charge < -0.3 is 5.11 Å². The number of aromatic hydroxyl groups is 1. The molecule has 0 aliphatic carbocycles. The second-order valence-electron chi connectivity index (χ2n) is 4.67. The third-order valence-corrected chi connectivity index (χ3v) is 5.20. The van der Waals surface area contributed by atoms with Crippen molar-refractivity contribution in [2.45, 2.75) is 11.8 Å². The van der Waals surface area contributed by atoms with Gasteiger partial charge in [0.25, 0.3) is 10.0 Å². The molecule has 1 heterocycles. The van der Waals surface area contributed by atoms with E-state index in [-0.39, 0.29) is 5.75 Å². The molecular formula is C14H13NO3S. The SMILES string of the molecule is Cc1ccc2c(c1)S(=O)(=O)N(C)c1cc(O)ccc1-2. The van der Waals surface area contributed by atoms with Gasteiger partial charge in [-0.1, -0.05) is 12.1 Å². The van der Waals surface area contributed by atoms with Gasteiger partial charge in [-0.2, -0.15) is 0 Å². The van der Waals surface area contributed by atoms with Gasteiger partial charge in [-0.15, -0.1) is 0 Å². The Hall–Kier alpha value is -2.01. The molecule has 2 aromatic rings. The standard InChI is InChI=1S/C14H13NO3S/c1-9-3-5-12-11-6-4-10(16)8-13(11)15(2)19(17,18)14(12)7-9/h3-8,16H,1-2H3. The van der Waals surface area contributed by atoms with Crippen molar-refractivity contribution < 1.29 is 13.5 Å². The summed E-state index contributed by atoms with van der Waals surface area (Å²) in [7, 11) is -2.05. The van der Waals surface area contributed by atoms with Crippen LogP contribution in [-0.2, 0) is 10.0 Å². The predicted octanol–water partition coefficient (Wildman–Crippen LogP) is 2.51. The lowest BCUT2D eigenvalue weighted by atomic mass is 10.0. The van der Waals surface area contributed by atoms with Crippen molar-refractivity contribution in [3.05, 3.63) is 42.0 Å². The van der Waals surface area contributed by atoms with E-state index in [1.54, 1.807) is 18.2 Å². The van der Waals surface area contributed by atoms with E-state index in [9.17, 15) is 13.5 Å². The molecule has 1 N–H and O–H groups in total. The first-order valence-corrected chi connectivity index (χ1v) is 7.28. The molecule has 0 aromatic heterocycles. The van der Waals surface area contributed by atoms with Crippen LogP contribution in [0.5, 0.6) is 5.75 Å². The number of anilines is 1. The molecule has 0 unspecified atom stereocenters. The molecule has 4 nitrogen and oxygen atoms in total. The molecule has 19 heavy (non-hydrogen) atoms. The molecule has 0 radical (unpaired) electrons. The summed E-state index contributed by atoms with van der Waals surface area (Å²) in [5.41, 5.74) is 2.89. The molecular weight excluding hydrogens is 262 g/mol. The Labute approximate surface area is 112 Å². The summed E-state index contributed by atoms with van der Waals surface area (Å²) in [6, 6.07) is 10.1. The van der Waals surface area contributed by atoms with Crippen molar-refractivity contribution in [1.82, 2.24) is 0 Å². The average molecular weight is 275 g/mol. The number of phenols is 1. The summed E-state index contributed by atoms with van der Waals surface area (Å²) in [5.74, 6) is 0.0522. The largest absolute Gasteiger partial charge is 0.508 e. The van der Waals surface area contributed by atoms with Crippen molar-refractivity contribution in [2.75, 3.05) is 11.4 Å². The quantitative estimate of drug-likeness (QED) is 0.803. The van der Waals surface area contributed by atoms with Crippen LogP contribution >= 0.6 is 0 Å². The average Bonchev–Trinajstić information content (AvgIpc) is 2.37. The Balaban J connectivity index is 2.44. The summed E-state index contributed by atoms with van der Waals surface area (Å²) >= 11 is 0. The number of nitrogens with zero attached hydrogens (tertiary/aromatic N) is 1. The van der Waals surface area contributed by atoms with Crippen molar-refractivity contribution in [3.63, 3.8) is 0 Å². The highest BCUT2D eigenvalue weighted by molar-refractivity contribution is 7.93. The second kappa shape index (κ2) is 3.74. The van der Waals surface area contributed by atoms with Crippen molar-refractivity contribution in [2.24, 2.45) is 0 Å². The van der Waals surface area contributed by atoms with Crippen LogP contribution in [0.1, 0.15) is 5.56 Å². The fourth-order valence-electron chi connectivity index (χ4n) is 2.35. The molecule has 0 saturated carbocycles. The summed E-state index contributed by atoms with van der Waals surface area (Å²) in [4.78, 5) is 0.313. The van der Waals surface area contributed by atoms with Crippen LogP contribution in [0.4, 0.5) is 5.69 Å². The maximum atomic E-state index is 12.5. The van der Waals surface area contributed by atoms with Crippen LogP contribution in [0.3, 0.4) is 0 Å². The van der Waals surface area contributed by atoms with Crippen LogP contribution in [0.25, 0.3) is 11.1 Å². The first-order valence-electron chi connectivity index (χ1n) is 5.84. The van der Waals surface area contributed by atoms with Gasteiger partial charge in [-0.3, -0.25) is 4.31 Å². The van der Waals surface area contributed by atoms with E-state index in [2.05, 4.69) is 0 Å². The lowest BCUT2D eigenvalue weighted by molar-refractivity contribution is 0.475. The number of benzene rings is 2. The molecule has 1 aliphatic heterocycles. The minimum Gasteiger partial charge on any atom is -0.508 e. The maximum Gasteiger partial charge on any atom is 0.264 e. The molecule has 1 aliphatic rings. The van der Waals surface area contributed by atoms with Gasteiger partial charge >= 0.3 is 0 Å². The first-order chi connectivity index (χ1) is 8.91. The molecule has 0 atom stereocenters. The smallest absolute Gasteiger partial charge is 0.264 e. The van der Waals surface area contributed by atoms with Crippen LogP contribution in [-0.4, -0.2) is 20.6 Å². The van der Waals surface area contributed by atoms with Gasteiger partial charge in [0.1, 0.15) is 5.75 Å². The molecule has 0 bridgehead atoms. The van der Waals surface area contributed by atoms with E-state index in [1.807, 2.05) is 19.1 Å². The van der Waals surface area contributed by atoms with E-state index in [1.165, 1.54) is 17.4 Å². The Bertz CT molecular complexity index is 781. The normalized spacial score (nSPS) is 15.8. The molecule has 3 rings (SSSR count). The number of aryl methyl sites for hydroxylation is 1. The summed E-state index contributed by atoms with van der Waals surface area (Å²) in [6.45, 7) is 1.86. The van der Waals surface area contributed by atoms with Crippen LogP contribution in [0, 0.1) is 6.92 Å². The van der Waals surface area contributed by atoms with Crippen molar-refractivity contribution in [1.29, 1.82) is 0 Å². The molecule has 0 saturated heterocycles. The molecule has 5 heteroatoms. The van der Waals surface area contributed by atoms with Gasteiger partial charge in [-0.25, -0.2) is 8.42 Å². The summed E-state index contributed by atoms with van der Waals surface area (Å²) < 4.78 is 26.2. The minimum absolute atomic E-state index is 0.0522. The number of phenolic OH excluding ortho intramolecular Hbond substituents is 1. The van der Waals surface area contributed by atoms with Crippen molar-refractivity contribution >= 4 is 15.7 Å². The molecule has 0 amide bonds. The van der Waals surface area contributed by atoms with Gasteiger partial charge in [0.05, 0.1) is 10.6 Å². The van der Waals surface area contributed by atoms with Crippen LogP contribution in [0.2, 0.25) is 0 Å². The highest BCUT2D eigenvalue weighted by atomic mass is 32.2. The Morgan fingerprint density at radius 2 is 1.74 bits per heavy atom. The number of rotatable bonds is 0. The topological polar surface area (TPSA) is 57.6 Å². The summed E-state index contributed by atoms with van der Waals surface area (Å²) in [6.07, 6.45) is 0. The third kappa shape index (κ3) is 1.62. The van der Waals surface area contributed by atoms with Gasteiger partial charge in [0.2, 0.25) is 0 Å². The lowest BCUT2D eigenvalue weighted by Gasteiger charge is -2.29. The number of sulfonamides is 1. The van der Waals surface area contributed by atoms with E-state index in [0.717, 1.165) is 11.1 Å². The van der Waals surface area contributed by atoms with Gasteiger partial charge in [-0.05, 0) is 30.7 Å². The van der Waals surface area contributed by atoms with E-state index in [0.29, 0.717) is 16.1 Å². The minimum atomic E-state index is -3.55. The first kappa shape index (κ1) is 12.0.